The van der Waals surface area contributed by atoms with Gasteiger partial charge in [-0.05, 0) is 55.5 Å². The minimum atomic E-state index is 0.801. The van der Waals surface area contributed by atoms with Gasteiger partial charge < -0.3 is 9.72 Å². The van der Waals surface area contributed by atoms with E-state index in [1.807, 2.05) is 85.9 Å². The van der Waals surface area contributed by atoms with Crippen molar-refractivity contribution in [2.45, 2.75) is 11.8 Å². The first kappa shape index (κ1) is 18.1. The van der Waals surface area contributed by atoms with E-state index in [4.69, 9.17) is 9.73 Å². The molecule has 0 amide bonds. The summed E-state index contributed by atoms with van der Waals surface area (Å²) in [6, 6.07) is 28.3. The Bertz CT molecular complexity index is 1120. The van der Waals surface area contributed by atoms with Gasteiger partial charge in [0.05, 0.1) is 11.9 Å². The number of nitrogens with one attached hydrogen (secondary N) is 1. The lowest BCUT2D eigenvalue weighted by molar-refractivity contribution is 0.479. The highest BCUT2D eigenvalue weighted by molar-refractivity contribution is 8.14. The van der Waals surface area contributed by atoms with Crippen LogP contribution in [0.3, 0.4) is 0 Å². The molecule has 0 atom stereocenters. The quantitative estimate of drug-likeness (QED) is 0.174. The van der Waals surface area contributed by atoms with E-state index < -0.39 is 0 Å². The van der Waals surface area contributed by atoms with E-state index in [0.717, 1.165) is 37.9 Å². The number of ether oxygens (including phenoxy) is 1. The number of fused-ring (bicyclic) bond motifs is 1. The molecule has 4 heteroatoms. The van der Waals surface area contributed by atoms with Crippen LogP contribution in [0.5, 0.6) is 5.75 Å². The van der Waals surface area contributed by atoms with Crippen molar-refractivity contribution in [3.05, 3.63) is 103 Å². The number of nitrogens with zero attached hydrogens (tertiary/aromatic N) is 1. The second kappa shape index (κ2) is 8.63. The molecule has 1 N–H and O–H groups in total. The maximum Gasteiger partial charge on any atom is 0.127 e. The molecule has 0 radical (unpaired) electrons. The van der Waals surface area contributed by atoms with Crippen molar-refractivity contribution in [1.82, 2.24) is 4.98 Å². The molecule has 0 aliphatic carbocycles. The van der Waals surface area contributed by atoms with Gasteiger partial charge in [-0.3, -0.25) is 0 Å². The summed E-state index contributed by atoms with van der Waals surface area (Å²) in [7, 11) is 0. The Morgan fingerprint density at radius 2 is 1.68 bits per heavy atom. The van der Waals surface area contributed by atoms with Crippen LogP contribution in [-0.4, -0.2) is 10.0 Å². The zero-order valence-corrected chi connectivity index (χ0v) is 16.3. The zero-order valence-electron chi connectivity index (χ0n) is 15.5. The smallest absolute Gasteiger partial charge is 0.127 e. The van der Waals surface area contributed by atoms with Gasteiger partial charge in [-0.2, -0.15) is 0 Å². The molecule has 1 heterocycles. The van der Waals surface area contributed by atoms with Gasteiger partial charge in [0.25, 0.3) is 0 Å². The number of H-pyrrole nitrogens is 1. The van der Waals surface area contributed by atoms with E-state index in [1.165, 1.54) is 0 Å². The molecule has 28 heavy (non-hydrogen) atoms. The highest BCUT2D eigenvalue weighted by atomic mass is 32.2. The second-order valence-electron chi connectivity index (χ2n) is 6.31. The van der Waals surface area contributed by atoms with Crippen molar-refractivity contribution in [2.24, 2.45) is 4.99 Å². The molecule has 0 spiro atoms. The van der Waals surface area contributed by atoms with E-state index in [-0.39, 0.29) is 0 Å². The Morgan fingerprint density at radius 1 is 0.929 bits per heavy atom. The maximum absolute atomic E-state index is 5.93. The summed E-state index contributed by atoms with van der Waals surface area (Å²) in [5.41, 5.74) is 2.98. The lowest BCUT2D eigenvalue weighted by atomic mass is 10.2. The van der Waals surface area contributed by atoms with Crippen molar-refractivity contribution in [2.75, 3.05) is 0 Å². The van der Waals surface area contributed by atoms with Crippen LogP contribution in [0.25, 0.3) is 10.9 Å². The molecule has 0 bridgehead atoms. The number of thioether (sulfide) groups is 1. The number of aromatic amines is 1. The molecule has 0 aliphatic rings. The number of hydrogen-bond donors (Lipinski definition) is 1. The minimum absolute atomic E-state index is 0.801. The van der Waals surface area contributed by atoms with Gasteiger partial charge in [0.15, 0.2) is 0 Å². The fourth-order valence-electron chi connectivity index (χ4n) is 2.72. The summed E-state index contributed by atoms with van der Waals surface area (Å²) in [6.45, 7) is 2.02. The van der Waals surface area contributed by atoms with Crippen LogP contribution in [0.4, 0.5) is 5.69 Å². The Labute approximate surface area is 168 Å². The third-order valence-corrected chi connectivity index (χ3v) is 5.29. The largest absolute Gasteiger partial charge is 0.465 e. The van der Waals surface area contributed by atoms with Crippen molar-refractivity contribution >= 4 is 33.4 Å². The standard InChI is InChI=1S/C24H20N2OS/c1-18(17-27-21-12-13-23-19(16-21)14-15-25-23)24(26-20-8-4-2-5-9-20)28-22-10-6-3-7-11-22/h2-17,25H,1H3/b18-17+,26-24?. The molecule has 4 aromatic rings. The van der Waals surface area contributed by atoms with Crippen LogP contribution in [-0.2, 0) is 0 Å². The highest BCUT2D eigenvalue weighted by Gasteiger charge is 2.07. The minimum Gasteiger partial charge on any atom is -0.465 e. The van der Waals surface area contributed by atoms with Crippen molar-refractivity contribution in [3.8, 4) is 5.75 Å². The fourth-order valence-corrected chi connectivity index (χ4v) is 3.60. The molecule has 1 aromatic heterocycles. The van der Waals surface area contributed by atoms with Crippen LogP contribution in [0.1, 0.15) is 6.92 Å². The highest BCUT2D eigenvalue weighted by Crippen LogP contribution is 2.27. The molecular weight excluding hydrogens is 364 g/mol. The first-order valence-electron chi connectivity index (χ1n) is 9.05. The molecule has 4 rings (SSSR count). The van der Waals surface area contributed by atoms with Gasteiger partial charge in [0.2, 0.25) is 0 Å². The first-order valence-corrected chi connectivity index (χ1v) is 9.87. The van der Waals surface area contributed by atoms with Crippen molar-refractivity contribution in [1.29, 1.82) is 0 Å². The van der Waals surface area contributed by atoms with Gasteiger partial charge >= 0.3 is 0 Å². The first-order chi connectivity index (χ1) is 13.8. The molecule has 3 nitrogen and oxygen atoms in total. The average molecular weight is 385 g/mol. The van der Waals surface area contributed by atoms with E-state index in [0.29, 0.717) is 0 Å². The normalized spacial score (nSPS) is 12.3. The summed E-state index contributed by atoms with van der Waals surface area (Å²) in [6.07, 6.45) is 3.70. The Kier molecular flexibility index (Phi) is 5.59. The van der Waals surface area contributed by atoms with Crippen LogP contribution < -0.4 is 4.74 Å². The van der Waals surface area contributed by atoms with Crippen molar-refractivity contribution in [3.63, 3.8) is 0 Å². The van der Waals surface area contributed by atoms with E-state index in [1.54, 1.807) is 18.0 Å². The Hall–Kier alpha value is -3.24. The molecular formula is C24H20N2OS. The van der Waals surface area contributed by atoms with Crippen molar-refractivity contribution < 1.29 is 4.74 Å². The number of hydrogen-bond acceptors (Lipinski definition) is 3. The number of aliphatic imine (C=N–C) groups is 1. The van der Waals surface area contributed by atoms with Gasteiger partial charge in [0.1, 0.15) is 10.8 Å². The molecule has 138 valence electrons. The lowest BCUT2D eigenvalue weighted by Crippen LogP contribution is -1.97. The van der Waals surface area contributed by atoms with Crippen LogP contribution >= 0.6 is 11.8 Å². The number of rotatable bonds is 5. The second-order valence-corrected chi connectivity index (χ2v) is 7.38. The molecule has 0 fully saturated rings. The monoisotopic (exact) mass is 384 g/mol. The topological polar surface area (TPSA) is 37.4 Å². The van der Waals surface area contributed by atoms with E-state index in [2.05, 4.69) is 17.1 Å². The lowest BCUT2D eigenvalue weighted by Gasteiger charge is -2.08. The summed E-state index contributed by atoms with van der Waals surface area (Å²) in [5, 5.41) is 2.03. The fraction of sp³-hybridized carbons (Fsp3) is 0.0417. The maximum atomic E-state index is 5.93. The third kappa shape index (κ3) is 4.53. The molecule has 0 unspecified atom stereocenters. The van der Waals surface area contributed by atoms with Gasteiger partial charge in [0, 0.05) is 27.6 Å². The molecule has 3 aromatic carbocycles. The van der Waals surface area contributed by atoms with Gasteiger partial charge in [-0.15, -0.1) is 0 Å². The SMILES string of the molecule is C/C(=C\Oc1ccc2[nH]ccc2c1)C(=Nc1ccccc1)Sc1ccccc1. The molecule has 0 aliphatic heterocycles. The summed E-state index contributed by atoms with van der Waals surface area (Å²) < 4.78 is 5.93. The predicted octanol–water partition coefficient (Wildman–Crippen LogP) is 6.97. The number of aromatic nitrogens is 1. The van der Waals surface area contributed by atoms with E-state index in [9.17, 15) is 0 Å². The predicted molar refractivity (Wildman–Crippen MR) is 119 cm³/mol. The number of para-hydroxylation sites is 1. The Balaban J connectivity index is 1.60. The summed E-state index contributed by atoms with van der Waals surface area (Å²) in [4.78, 5) is 9.16. The van der Waals surface area contributed by atoms with Crippen LogP contribution in [0.2, 0.25) is 0 Å². The third-order valence-electron chi connectivity index (χ3n) is 4.18. The van der Waals surface area contributed by atoms with Crippen LogP contribution in [0.15, 0.2) is 113 Å². The molecule has 0 saturated heterocycles. The Morgan fingerprint density at radius 3 is 2.46 bits per heavy atom. The number of benzene rings is 3. The summed E-state index contributed by atoms with van der Waals surface area (Å²) >= 11 is 1.63. The summed E-state index contributed by atoms with van der Waals surface area (Å²) in [5.74, 6) is 0.801. The molecule has 0 saturated carbocycles. The van der Waals surface area contributed by atoms with Gasteiger partial charge in [-0.25, -0.2) is 4.99 Å². The van der Waals surface area contributed by atoms with Crippen LogP contribution in [0, 0.1) is 0 Å². The van der Waals surface area contributed by atoms with E-state index >= 15 is 0 Å². The zero-order chi connectivity index (χ0) is 19.2. The van der Waals surface area contributed by atoms with Gasteiger partial charge in [-0.1, -0.05) is 48.2 Å². The average Bonchev–Trinajstić information content (AvgIpc) is 3.21.